The molecule has 1 spiro atoms. The summed E-state index contributed by atoms with van der Waals surface area (Å²) in [5, 5.41) is 3.05. The minimum absolute atomic E-state index is 0. The molecular weight excluding hydrogens is 598 g/mol. The summed E-state index contributed by atoms with van der Waals surface area (Å²) in [7, 11) is 0. The van der Waals surface area contributed by atoms with Gasteiger partial charge in [-0.1, -0.05) is 30.3 Å². The molecular formula is C31H35ClF6N2O3. The van der Waals surface area contributed by atoms with Crippen molar-refractivity contribution in [2.24, 2.45) is 5.41 Å². The number of piperidine rings is 1. The molecule has 2 aliphatic heterocycles. The van der Waals surface area contributed by atoms with E-state index in [9.17, 15) is 35.9 Å². The summed E-state index contributed by atoms with van der Waals surface area (Å²) < 4.78 is 86.2. The number of alkyl halides is 6. The molecule has 2 saturated heterocycles. The number of carbonyl (C=O) groups is 2. The molecule has 1 amide bonds. The van der Waals surface area contributed by atoms with E-state index in [-0.39, 0.29) is 47.9 Å². The molecule has 2 aromatic carbocycles. The lowest BCUT2D eigenvalue weighted by molar-refractivity contribution is -0.143. The Morgan fingerprint density at radius 3 is 1.98 bits per heavy atom. The first-order valence-corrected chi connectivity index (χ1v) is 14.2. The van der Waals surface area contributed by atoms with Gasteiger partial charge in [-0.3, -0.25) is 9.59 Å². The smallest absolute Gasteiger partial charge is 0.373 e. The van der Waals surface area contributed by atoms with Gasteiger partial charge in [-0.05, 0) is 87.9 Å². The second-order valence-corrected chi connectivity index (χ2v) is 12.0. The highest BCUT2D eigenvalue weighted by atomic mass is 35.5. The number of hydrogen-bond donors (Lipinski definition) is 1. The predicted molar refractivity (Wildman–Crippen MR) is 150 cm³/mol. The monoisotopic (exact) mass is 632 g/mol. The van der Waals surface area contributed by atoms with E-state index < -0.39 is 40.8 Å². The molecule has 0 aromatic heterocycles. The molecule has 3 aliphatic rings. The van der Waals surface area contributed by atoms with E-state index in [1.165, 1.54) is 6.92 Å². The number of nitrogens with zero attached hydrogens (tertiary/aromatic N) is 1. The third kappa shape index (κ3) is 6.88. The van der Waals surface area contributed by atoms with Crippen LogP contribution >= 0.6 is 12.4 Å². The SMILES string of the molecule is C[C@H](C(=O)NC1(c2ccccc2)CCC(N2CCC3(CC2)COCC3=O)CC1)c1cc(C(F)(F)F)cc(C(F)(F)F)c1.Cl. The first kappa shape index (κ1) is 33.3. The summed E-state index contributed by atoms with van der Waals surface area (Å²) in [4.78, 5) is 28.3. The van der Waals surface area contributed by atoms with E-state index in [0.29, 0.717) is 31.6 Å². The van der Waals surface area contributed by atoms with Gasteiger partial charge >= 0.3 is 12.4 Å². The lowest BCUT2D eigenvalue weighted by Crippen LogP contribution is -2.54. The Morgan fingerprint density at radius 1 is 0.930 bits per heavy atom. The molecule has 43 heavy (non-hydrogen) atoms. The number of benzene rings is 2. The zero-order valence-corrected chi connectivity index (χ0v) is 24.5. The van der Waals surface area contributed by atoms with Gasteiger partial charge in [-0.2, -0.15) is 26.3 Å². The van der Waals surface area contributed by atoms with Crippen molar-refractivity contribution < 1.29 is 40.7 Å². The highest BCUT2D eigenvalue weighted by Gasteiger charge is 2.47. The quantitative estimate of drug-likeness (QED) is 0.365. The minimum Gasteiger partial charge on any atom is -0.373 e. The van der Waals surface area contributed by atoms with Gasteiger partial charge in [0.25, 0.3) is 0 Å². The predicted octanol–water partition coefficient (Wildman–Crippen LogP) is 6.89. The van der Waals surface area contributed by atoms with Crippen molar-refractivity contribution in [1.82, 2.24) is 10.2 Å². The van der Waals surface area contributed by atoms with Crippen LogP contribution in [0.25, 0.3) is 0 Å². The number of halogens is 7. The molecule has 0 radical (unpaired) electrons. The normalized spacial score (nSPS) is 25.3. The molecule has 1 atom stereocenters. The second-order valence-electron chi connectivity index (χ2n) is 12.0. The van der Waals surface area contributed by atoms with Crippen LogP contribution in [0.3, 0.4) is 0 Å². The maximum absolute atomic E-state index is 13.5. The van der Waals surface area contributed by atoms with E-state index >= 15 is 0 Å². The number of nitrogens with one attached hydrogen (secondary N) is 1. The van der Waals surface area contributed by atoms with Crippen LogP contribution in [-0.4, -0.2) is 48.9 Å². The molecule has 1 aliphatic carbocycles. The number of hydrogen-bond acceptors (Lipinski definition) is 4. The topological polar surface area (TPSA) is 58.6 Å². The summed E-state index contributed by atoms with van der Waals surface area (Å²) in [5.74, 6) is -1.71. The van der Waals surface area contributed by atoms with E-state index in [0.717, 1.165) is 44.3 Å². The molecule has 1 N–H and O–H groups in total. The lowest BCUT2D eigenvalue weighted by atomic mass is 9.72. The average Bonchev–Trinajstić information content (AvgIpc) is 3.31. The van der Waals surface area contributed by atoms with Crippen LogP contribution in [0.5, 0.6) is 0 Å². The molecule has 0 unspecified atom stereocenters. The summed E-state index contributed by atoms with van der Waals surface area (Å²) >= 11 is 0. The Labute approximate surface area is 252 Å². The maximum atomic E-state index is 13.5. The van der Waals surface area contributed by atoms with Crippen molar-refractivity contribution in [3.63, 3.8) is 0 Å². The lowest BCUT2D eigenvalue weighted by Gasteiger charge is -2.47. The van der Waals surface area contributed by atoms with Gasteiger partial charge in [0.1, 0.15) is 6.61 Å². The number of ketones is 1. The number of Topliss-reactive ketones (excluding diaryl/α,β-unsaturated/α-hetero) is 1. The summed E-state index contributed by atoms with van der Waals surface area (Å²) in [6.45, 7) is 3.53. The van der Waals surface area contributed by atoms with Crippen LogP contribution < -0.4 is 5.32 Å². The van der Waals surface area contributed by atoms with Crippen molar-refractivity contribution in [2.75, 3.05) is 26.3 Å². The standard InChI is InChI=1S/C31H34F6N2O3.ClH/c1-20(21-15-23(30(32,33)34)17-24(16-21)31(35,36)37)27(41)38-29(22-5-3-2-4-6-22)9-7-25(8-10-29)39-13-11-28(12-14-39)19-42-18-26(28)40;/h2-6,15-17,20,25H,7-14,18-19H2,1H3,(H,38,41);1H/t20-,25?,29?;/m0./s1. The van der Waals surface area contributed by atoms with E-state index in [4.69, 9.17) is 4.74 Å². The van der Waals surface area contributed by atoms with Crippen molar-refractivity contribution >= 4 is 24.1 Å². The Bertz CT molecular complexity index is 1270. The minimum atomic E-state index is -5.00. The molecule has 3 fully saturated rings. The Balaban J connectivity index is 0.00000423. The molecule has 12 heteroatoms. The molecule has 1 saturated carbocycles. The van der Waals surface area contributed by atoms with Crippen LogP contribution in [0.2, 0.25) is 0 Å². The Hall–Kier alpha value is -2.63. The van der Waals surface area contributed by atoms with Crippen molar-refractivity contribution in [2.45, 2.75) is 75.3 Å². The number of carbonyl (C=O) groups excluding carboxylic acids is 2. The third-order valence-corrected chi connectivity index (χ3v) is 9.48. The number of rotatable bonds is 5. The number of amides is 1. The fraction of sp³-hybridized carbons (Fsp3) is 0.548. The van der Waals surface area contributed by atoms with Gasteiger partial charge in [0.2, 0.25) is 5.91 Å². The van der Waals surface area contributed by atoms with Crippen LogP contribution in [-0.2, 0) is 32.2 Å². The van der Waals surface area contributed by atoms with E-state index in [2.05, 4.69) is 10.2 Å². The molecule has 236 valence electrons. The zero-order chi connectivity index (χ0) is 30.3. The van der Waals surface area contributed by atoms with E-state index in [1.807, 2.05) is 30.3 Å². The van der Waals surface area contributed by atoms with Gasteiger partial charge in [-0.25, -0.2) is 0 Å². The largest absolute Gasteiger partial charge is 0.416 e. The average molecular weight is 633 g/mol. The first-order chi connectivity index (χ1) is 19.7. The van der Waals surface area contributed by atoms with Crippen LogP contribution in [0.1, 0.15) is 73.6 Å². The third-order valence-electron chi connectivity index (χ3n) is 9.48. The van der Waals surface area contributed by atoms with Crippen LogP contribution in [0, 0.1) is 5.41 Å². The highest BCUT2D eigenvalue weighted by molar-refractivity contribution is 5.88. The summed E-state index contributed by atoms with van der Waals surface area (Å²) in [6.07, 6.45) is -5.91. The van der Waals surface area contributed by atoms with Crippen molar-refractivity contribution in [3.8, 4) is 0 Å². The molecule has 5 nitrogen and oxygen atoms in total. The van der Waals surface area contributed by atoms with Gasteiger partial charge in [0.15, 0.2) is 5.78 Å². The summed E-state index contributed by atoms with van der Waals surface area (Å²) in [6, 6.07) is 10.8. The highest BCUT2D eigenvalue weighted by Crippen LogP contribution is 2.43. The molecule has 2 aromatic rings. The van der Waals surface area contributed by atoms with Crippen molar-refractivity contribution in [3.05, 3.63) is 70.8 Å². The fourth-order valence-electron chi connectivity index (χ4n) is 6.74. The summed E-state index contributed by atoms with van der Waals surface area (Å²) in [5.41, 5.74) is -3.59. The molecule has 0 bridgehead atoms. The van der Waals surface area contributed by atoms with Gasteiger partial charge in [0.05, 0.1) is 34.6 Å². The Morgan fingerprint density at radius 2 is 1.49 bits per heavy atom. The van der Waals surface area contributed by atoms with Gasteiger partial charge in [0, 0.05) is 6.04 Å². The van der Waals surface area contributed by atoms with Gasteiger partial charge < -0.3 is 15.0 Å². The Kier molecular flexibility index (Phi) is 9.59. The zero-order valence-electron chi connectivity index (χ0n) is 23.7. The van der Waals surface area contributed by atoms with Gasteiger partial charge in [-0.15, -0.1) is 12.4 Å². The molecule has 2 heterocycles. The fourth-order valence-corrected chi connectivity index (χ4v) is 6.74. The number of likely N-dealkylation sites (tertiary alicyclic amines) is 1. The number of ether oxygens (including phenoxy) is 1. The van der Waals surface area contributed by atoms with Crippen LogP contribution in [0.4, 0.5) is 26.3 Å². The van der Waals surface area contributed by atoms with Crippen molar-refractivity contribution in [1.29, 1.82) is 0 Å². The second kappa shape index (κ2) is 12.4. The molecule has 5 rings (SSSR count). The van der Waals surface area contributed by atoms with Crippen LogP contribution in [0.15, 0.2) is 48.5 Å². The first-order valence-electron chi connectivity index (χ1n) is 14.2. The van der Waals surface area contributed by atoms with E-state index in [1.54, 1.807) is 0 Å². The maximum Gasteiger partial charge on any atom is 0.416 e.